The Labute approximate surface area is 111 Å². The highest BCUT2D eigenvalue weighted by molar-refractivity contribution is 4.88. The highest BCUT2D eigenvalue weighted by Crippen LogP contribution is 2.23. The molecule has 1 fully saturated rings. The predicted octanol–water partition coefficient (Wildman–Crippen LogP) is 1.22. The Bertz CT molecular complexity index is 275. The molecule has 0 aromatic carbocycles. The zero-order chi connectivity index (χ0) is 13.5. The monoisotopic (exact) mass is 253 g/mol. The molecule has 3 unspecified atom stereocenters. The first-order valence-electron chi connectivity index (χ1n) is 7.07. The van der Waals surface area contributed by atoms with Crippen LogP contribution in [0.1, 0.15) is 33.6 Å². The van der Waals surface area contributed by atoms with Crippen LogP contribution in [0.15, 0.2) is 0 Å². The van der Waals surface area contributed by atoms with Crippen molar-refractivity contribution in [2.45, 2.75) is 45.8 Å². The van der Waals surface area contributed by atoms with E-state index in [1.807, 2.05) is 0 Å². The third kappa shape index (κ3) is 4.93. The van der Waals surface area contributed by atoms with Crippen molar-refractivity contribution in [3.63, 3.8) is 0 Å². The molecule has 0 aromatic rings. The third-order valence-corrected chi connectivity index (χ3v) is 3.74. The number of rotatable bonds is 6. The van der Waals surface area contributed by atoms with Gasteiger partial charge < -0.3 is 10.4 Å². The molecule has 0 aliphatic carbocycles. The van der Waals surface area contributed by atoms with Gasteiger partial charge in [-0.2, -0.15) is 5.26 Å². The Kier molecular flexibility index (Phi) is 6.62. The average Bonchev–Trinajstić information content (AvgIpc) is 2.29. The Morgan fingerprint density at radius 1 is 1.44 bits per heavy atom. The second-order valence-electron chi connectivity index (χ2n) is 5.76. The van der Waals surface area contributed by atoms with Crippen molar-refractivity contribution in [1.29, 1.82) is 5.26 Å². The number of likely N-dealkylation sites (tertiary alicyclic amines) is 1. The summed E-state index contributed by atoms with van der Waals surface area (Å²) >= 11 is 0. The number of nitrogens with one attached hydrogen (secondary N) is 1. The first-order valence-corrected chi connectivity index (χ1v) is 7.07. The highest BCUT2D eigenvalue weighted by atomic mass is 16.3. The molecule has 4 heteroatoms. The van der Waals surface area contributed by atoms with Gasteiger partial charge in [0.05, 0.1) is 18.7 Å². The SMILES string of the molecule is CCNC1CC(CC(O)C(C)C)CN(CC#N)C1. The van der Waals surface area contributed by atoms with Crippen LogP contribution in [-0.4, -0.2) is 48.3 Å². The maximum absolute atomic E-state index is 10.0. The van der Waals surface area contributed by atoms with Crippen molar-refractivity contribution in [2.24, 2.45) is 11.8 Å². The molecule has 18 heavy (non-hydrogen) atoms. The topological polar surface area (TPSA) is 59.3 Å². The minimum Gasteiger partial charge on any atom is -0.393 e. The van der Waals surface area contributed by atoms with E-state index in [1.54, 1.807) is 0 Å². The highest BCUT2D eigenvalue weighted by Gasteiger charge is 2.28. The van der Waals surface area contributed by atoms with Crippen LogP contribution >= 0.6 is 0 Å². The lowest BCUT2D eigenvalue weighted by atomic mass is 9.87. The number of hydrogen-bond donors (Lipinski definition) is 2. The molecule has 1 aliphatic heterocycles. The molecule has 1 aliphatic rings. The van der Waals surface area contributed by atoms with E-state index in [1.165, 1.54) is 0 Å². The summed E-state index contributed by atoms with van der Waals surface area (Å²) in [5.41, 5.74) is 0. The van der Waals surface area contributed by atoms with Crippen molar-refractivity contribution >= 4 is 0 Å². The maximum atomic E-state index is 10.0. The molecule has 104 valence electrons. The van der Waals surface area contributed by atoms with E-state index in [-0.39, 0.29) is 6.10 Å². The van der Waals surface area contributed by atoms with Gasteiger partial charge in [-0.3, -0.25) is 4.90 Å². The summed E-state index contributed by atoms with van der Waals surface area (Å²) in [6.45, 7) is 9.58. The van der Waals surface area contributed by atoms with Crippen molar-refractivity contribution in [2.75, 3.05) is 26.2 Å². The van der Waals surface area contributed by atoms with Crippen LogP contribution in [0.2, 0.25) is 0 Å². The van der Waals surface area contributed by atoms with E-state index in [9.17, 15) is 5.11 Å². The zero-order valence-corrected chi connectivity index (χ0v) is 11.9. The molecule has 0 saturated carbocycles. The third-order valence-electron chi connectivity index (χ3n) is 3.74. The normalized spacial score (nSPS) is 27.1. The molecule has 0 radical (unpaired) electrons. The van der Waals surface area contributed by atoms with E-state index in [4.69, 9.17) is 5.26 Å². The fourth-order valence-electron chi connectivity index (χ4n) is 2.75. The lowest BCUT2D eigenvalue weighted by Crippen LogP contribution is -2.49. The molecule has 0 amide bonds. The molecule has 0 bridgehead atoms. The lowest BCUT2D eigenvalue weighted by Gasteiger charge is -2.38. The zero-order valence-electron chi connectivity index (χ0n) is 11.9. The van der Waals surface area contributed by atoms with Gasteiger partial charge in [-0.05, 0) is 31.2 Å². The summed E-state index contributed by atoms with van der Waals surface area (Å²) < 4.78 is 0. The van der Waals surface area contributed by atoms with E-state index in [0.29, 0.717) is 24.4 Å². The fraction of sp³-hybridized carbons (Fsp3) is 0.929. The number of nitriles is 1. The number of piperidine rings is 1. The Morgan fingerprint density at radius 3 is 2.72 bits per heavy atom. The smallest absolute Gasteiger partial charge is 0.0866 e. The summed E-state index contributed by atoms with van der Waals surface area (Å²) in [6, 6.07) is 2.69. The molecule has 4 nitrogen and oxygen atoms in total. The predicted molar refractivity (Wildman–Crippen MR) is 73.1 cm³/mol. The van der Waals surface area contributed by atoms with Gasteiger partial charge in [0.2, 0.25) is 0 Å². The molecular weight excluding hydrogens is 226 g/mol. The van der Waals surface area contributed by atoms with Gasteiger partial charge >= 0.3 is 0 Å². The van der Waals surface area contributed by atoms with Gasteiger partial charge in [0.1, 0.15) is 0 Å². The minimum absolute atomic E-state index is 0.223. The quantitative estimate of drug-likeness (QED) is 0.699. The van der Waals surface area contributed by atoms with Crippen LogP contribution in [0.5, 0.6) is 0 Å². The van der Waals surface area contributed by atoms with Crippen LogP contribution in [0, 0.1) is 23.2 Å². The average molecular weight is 253 g/mol. The summed E-state index contributed by atoms with van der Waals surface area (Å²) in [6.07, 6.45) is 1.74. The largest absolute Gasteiger partial charge is 0.393 e. The van der Waals surface area contributed by atoms with E-state index >= 15 is 0 Å². The number of aliphatic hydroxyl groups excluding tert-OH is 1. The molecule has 3 atom stereocenters. The van der Waals surface area contributed by atoms with Crippen molar-refractivity contribution in [1.82, 2.24) is 10.2 Å². The molecule has 1 rings (SSSR count). The van der Waals surface area contributed by atoms with Crippen molar-refractivity contribution in [3.8, 4) is 6.07 Å². The summed E-state index contributed by atoms with van der Waals surface area (Å²) in [7, 11) is 0. The standard InChI is InChI=1S/C14H27N3O/c1-4-16-13-7-12(8-14(18)11(2)3)9-17(10-13)6-5-15/h11-14,16,18H,4,6-10H2,1-3H3. The molecular formula is C14H27N3O. The fourth-order valence-corrected chi connectivity index (χ4v) is 2.75. The number of hydrogen-bond acceptors (Lipinski definition) is 4. The first kappa shape index (κ1) is 15.4. The van der Waals surface area contributed by atoms with Crippen LogP contribution in [-0.2, 0) is 0 Å². The van der Waals surface area contributed by atoms with Gasteiger partial charge in [-0.15, -0.1) is 0 Å². The second kappa shape index (κ2) is 7.73. The van der Waals surface area contributed by atoms with E-state index < -0.39 is 0 Å². The van der Waals surface area contributed by atoms with E-state index in [0.717, 1.165) is 32.5 Å². The molecule has 1 saturated heterocycles. The molecule has 0 aromatic heterocycles. The number of aliphatic hydroxyl groups is 1. The van der Waals surface area contributed by atoms with Gasteiger partial charge in [-0.1, -0.05) is 20.8 Å². The summed E-state index contributed by atoms with van der Waals surface area (Å²) in [4.78, 5) is 2.20. The minimum atomic E-state index is -0.223. The van der Waals surface area contributed by atoms with Gasteiger partial charge in [0, 0.05) is 19.1 Å². The summed E-state index contributed by atoms with van der Waals surface area (Å²) in [5, 5.41) is 22.3. The van der Waals surface area contributed by atoms with Crippen molar-refractivity contribution in [3.05, 3.63) is 0 Å². The Balaban J connectivity index is 2.52. The van der Waals surface area contributed by atoms with Crippen molar-refractivity contribution < 1.29 is 5.11 Å². The molecule has 2 N–H and O–H groups in total. The van der Waals surface area contributed by atoms with Gasteiger partial charge in [0.25, 0.3) is 0 Å². The van der Waals surface area contributed by atoms with Crippen LogP contribution in [0.4, 0.5) is 0 Å². The Morgan fingerprint density at radius 2 is 2.17 bits per heavy atom. The number of likely N-dealkylation sites (N-methyl/N-ethyl adjacent to an activating group) is 1. The van der Waals surface area contributed by atoms with Crippen LogP contribution in [0.25, 0.3) is 0 Å². The van der Waals surface area contributed by atoms with E-state index in [2.05, 4.69) is 37.1 Å². The molecule has 1 heterocycles. The van der Waals surface area contributed by atoms with Gasteiger partial charge in [-0.25, -0.2) is 0 Å². The molecule has 0 spiro atoms. The summed E-state index contributed by atoms with van der Waals surface area (Å²) in [5.74, 6) is 0.808. The maximum Gasteiger partial charge on any atom is 0.0866 e. The lowest BCUT2D eigenvalue weighted by molar-refractivity contribution is 0.0656. The number of nitrogens with zero attached hydrogens (tertiary/aromatic N) is 2. The van der Waals surface area contributed by atoms with Crippen LogP contribution in [0.3, 0.4) is 0 Å². The second-order valence-corrected chi connectivity index (χ2v) is 5.76. The van der Waals surface area contributed by atoms with Crippen LogP contribution < -0.4 is 5.32 Å². The Hall–Kier alpha value is -0.630. The van der Waals surface area contributed by atoms with Gasteiger partial charge in [0.15, 0.2) is 0 Å². The first-order chi connectivity index (χ1) is 8.56.